The second-order valence-corrected chi connectivity index (χ2v) is 19.5. The molecule has 0 aromatic heterocycles. The Morgan fingerprint density at radius 2 is 0.527 bits per heavy atom. The summed E-state index contributed by atoms with van der Waals surface area (Å²) in [6.07, 6.45) is 0. The molecule has 362 valence electrons. The van der Waals surface area contributed by atoms with Crippen molar-refractivity contribution in [3.8, 4) is 22.3 Å². The van der Waals surface area contributed by atoms with Crippen molar-refractivity contribution in [1.82, 2.24) is 0 Å². The maximum Gasteiger partial charge on any atom is 0.488 e. The van der Waals surface area contributed by atoms with Crippen LogP contribution in [-0.2, 0) is 0 Å². The molecule has 0 spiro atoms. The highest BCUT2D eigenvalue weighted by Crippen LogP contribution is 2.38. The molecule has 0 heterocycles. The van der Waals surface area contributed by atoms with Gasteiger partial charge in [-0.2, -0.15) is 0 Å². The van der Waals surface area contributed by atoms with Gasteiger partial charge in [0.1, 0.15) is 0 Å². The fourth-order valence-corrected chi connectivity index (χ4v) is 9.19. The fourth-order valence-electron chi connectivity index (χ4n) is 8.66. The molecule has 10 aromatic rings. The van der Waals surface area contributed by atoms with E-state index < -0.39 is 14.2 Å². The van der Waals surface area contributed by atoms with Crippen molar-refractivity contribution in [2.75, 3.05) is 0 Å². The summed E-state index contributed by atoms with van der Waals surface area (Å²) in [6.45, 7) is 4.34. The van der Waals surface area contributed by atoms with Gasteiger partial charge in [-0.15, -0.1) is 0 Å². The predicted octanol–water partition coefficient (Wildman–Crippen LogP) is 14.6. The molecule has 0 aliphatic rings. The Labute approximate surface area is 452 Å². The van der Waals surface area contributed by atoms with Gasteiger partial charge in [-0.3, -0.25) is 0 Å². The van der Waals surface area contributed by atoms with Crippen LogP contribution in [0, 0.1) is 6.92 Å². The second-order valence-electron chi connectivity index (χ2n) is 17.7. The molecular weight excluding hydrogens is 1040 g/mol. The third-order valence-electron chi connectivity index (χ3n) is 12.6. The third kappa shape index (κ3) is 14.0. The Hall–Kier alpha value is -7.39. The molecule has 0 fully saturated rings. The van der Waals surface area contributed by atoms with E-state index in [-0.39, 0.29) is 0 Å². The molecular formula is C66H54B2Br2O4. The van der Waals surface area contributed by atoms with Crippen LogP contribution in [0.5, 0.6) is 0 Å². The SMILES string of the molecule is Brc1ccc(/C(=C(\c2ccccc2)c2ccc(Br)cc2)c2ccccc2)cc1.C/C(=C(\c1ccccc1)c1ccc(-c2ccc(-c3ccc(C)cc3)cc2)cc1)c1ccccc1.OB(O)c1ccc(B(O)O)cc1. The number of aryl methyl sites for hydroxylation is 1. The molecule has 0 aliphatic heterocycles. The maximum atomic E-state index is 8.68. The summed E-state index contributed by atoms with van der Waals surface area (Å²) in [7, 11) is -3.04. The number of hydrogen-bond donors (Lipinski definition) is 4. The maximum absolute atomic E-state index is 8.68. The summed E-state index contributed by atoms with van der Waals surface area (Å²) in [6, 6.07) is 91.8. The molecule has 0 amide bonds. The van der Waals surface area contributed by atoms with E-state index in [0.717, 1.165) is 8.95 Å². The Bertz CT molecular complexity index is 3270. The average Bonchev–Trinajstić information content (AvgIpc) is 3.45. The summed E-state index contributed by atoms with van der Waals surface area (Å²) in [5.74, 6) is 0. The first-order valence-corrected chi connectivity index (χ1v) is 25.9. The van der Waals surface area contributed by atoms with Gasteiger partial charge < -0.3 is 20.1 Å². The summed E-state index contributed by atoms with van der Waals surface area (Å²) < 4.78 is 2.15. The quantitative estimate of drug-likeness (QED) is 0.0769. The van der Waals surface area contributed by atoms with Crippen molar-refractivity contribution in [2.45, 2.75) is 13.8 Å². The molecule has 0 radical (unpaired) electrons. The van der Waals surface area contributed by atoms with E-state index in [2.05, 4.69) is 288 Å². The Balaban J connectivity index is 0.000000164. The topological polar surface area (TPSA) is 80.9 Å². The van der Waals surface area contributed by atoms with Gasteiger partial charge in [0.2, 0.25) is 0 Å². The van der Waals surface area contributed by atoms with Gasteiger partial charge >= 0.3 is 14.2 Å². The molecule has 0 unspecified atom stereocenters. The van der Waals surface area contributed by atoms with Crippen LogP contribution < -0.4 is 10.9 Å². The molecule has 0 saturated heterocycles. The molecule has 0 aliphatic carbocycles. The highest BCUT2D eigenvalue weighted by molar-refractivity contribution is 9.10. The van der Waals surface area contributed by atoms with Crippen molar-refractivity contribution in [3.63, 3.8) is 0 Å². The number of halogens is 2. The smallest absolute Gasteiger partial charge is 0.423 e. The van der Waals surface area contributed by atoms with Crippen molar-refractivity contribution in [1.29, 1.82) is 0 Å². The van der Waals surface area contributed by atoms with Crippen LogP contribution in [0.3, 0.4) is 0 Å². The van der Waals surface area contributed by atoms with Gasteiger partial charge in [0, 0.05) is 8.95 Å². The van der Waals surface area contributed by atoms with Gasteiger partial charge in [0.15, 0.2) is 0 Å². The monoisotopic (exact) mass is 1090 g/mol. The zero-order valence-corrected chi connectivity index (χ0v) is 44.3. The molecule has 74 heavy (non-hydrogen) atoms. The van der Waals surface area contributed by atoms with Crippen LogP contribution in [0.25, 0.3) is 44.5 Å². The van der Waals surface area contributed by atoms with Gasteiger partial charge in [-0.05, 0) is 133 Å². The van der Waals surface area contributed by atoms with E-state index in [4.69, 9.17) is 20.1 Å². The van der Waals surface area contributed by atoms with Crippen LogP contribution in [0.1, 0.15) is 51.4 Å². The first kappa shape index (κ1) is 52.9. The van der Waals surface area contributed by atoms with E-state index >= 15 is 0 Å². The Morgan fingerprint density at radius 3 is 0.851 bits per heavy atom. The Kier molecular flexibility index (Phi) is 18.6. The second kappa shape index (κ2) is 26.0. The van der Waals surface area contributed by atoms with Crippen molar-refractivity contribution < 1.29 is 20.1 Å². The van der Waals surface area contributed by atoms with Crippen LogP contribution in [0.15, 0.2) is 276 Å². The minimum absolute atomic E-state index is 0.319. The van der Waals surface area contributed by atoms with E-state index in [1.807, 2.05) is 0 Å². The summed E-state index contributed by atoms with van der Waals surface area (Å²) >= 11 is 7.13. The van der Waals surface area contributed by atoms with Crippen LogP contribution in [-0.4, -0.2) is 34.3 Å². The van der Waals surface area contributed by atoms with Crippen molar-refractivity contribution in [2.24, 2.45) is 0 Å². The summed E-state index contributed by atoms with van der Waals surface area (Å²) in [5, 5.41) is 34.7. The number of rotatable bonds is 11. The largest absolute Gasteiger partial charge is 0.488 e. The molecule has 10 aromatic carbocycles. The zero-order chi connectivity index (χ0) is 51.8. The summed E-state index contributed by atoms with van der Waals surface area (Å²) in [5.41, 5.74) is 20.4. The average molecular weight is 1090 g/mol. The van der Waals surface area contributed by atoms with Crippen LogP contribution >= 0.6 is 31.9 Å². The lowest BCUT2D eigenvalue weighted by Gasteiger charge is -2.18. The van der Waals surface area contributed by atoms with Crippen molar-refractivity contribution >= 4 is 79.3 Å². The molecule has 8 heteroatoms. The van der Waals surface area contributed by atoms with Crippen molar-refractivity contribution in [3.05, 3.63) is 320 Å². The van der Waals surface area contributed by atoms with Gasteiger partial charge in [-0.25, -0.2) is 0 Å². The van der Waals surface area contributed by atoms with Gasteiger partial charge in [-0.1, -0.05) is 280 Å². The van der Waals surface area contributed by atoms with Gasteiger partial charge in [0.05, 0.1) is 0 Å². The predicted molar refractivity (Wildman–Crippen MR) is 319 cm³/mol. The normalized spacial score (nSPS) is 11.4. The van der Waals surface area contributed by atoms with Crippen LogP contribution in [0.2, 0.25) is 0 Å². The minimum Gasteiger partial charge on any atom is -0.423 e. The standard InChI is InChI=1S/C34H28.C26H18Br2.C6H8B2O4/c1-25-13-15-28(16-14-25)29-17-19-30(20-18-29)31-21-23-33(24-22-31)34(32-11-7-4-8-12-32)26(2)27-9-5-3-6-10-27;27-23-15-11-21(12-16-23)25(19-7-3-1-4-8-19)26(20-9-5-2-6-10-20)22-13-17-24(28)18-14-22;9-7(10)5-1-2-6(4-3-5)8(11)12/h3-24H,1-2H3;1-18H;1-4,9-12H/b34-26-;26-25+;. The number of allylic oxidation sites excluding steroid dienone is 1. The molecule has 0 atom stereocenters. The first-order valence-electron chi connectivity index (χ1n) is 24.3. The lowest BCUT2D eigenvalue weighted by molar-refractivity contribution is 0.423. The minimum atomic E-state index is -1.52. The highest BCUT2D eigenvalue weighted by atomic mass is 79.9. The van der Waals surface area contributed by atoms with E-state index in [1.54, 1.807) is 0 Å². The van der Waals surface area contributed by atoms with E-state index in [9.17, 15) is 0 Å². The molecule has 4 nitrogen and oxygen atoms in total. The zero-order valence-electron chi connectivity index (χ0n) is 41.1. The van der Waals surface area contributed by atoms with Gasteiger partial charge in [0.25, 0.3) is 0 Å². The Morgan fingerprint density at radius 1 is 0.284 bits per heavy atom. The first-order chi connectivity index (χ1) is 36.0. The highest BCUT2D eigenvalue weighted by Gasteiger charge is 2.17. The third-order valence-corrected chi connectivity index (χ3v) is 13.7. The lowest BCUT2D eigenvalue weighted by atomic mass is 9.75. The molecule has 0 saturated carbocycles. The molecule has 10 rings (SSSR count). The fraction of sp³-hybridized carbons (Fsp3) is 0.0303. The van der Waals surface area contributed by atoms with Crippen LogP contribution in [0.4, 0.5) is 0 Å². The summed E-state index contributed by atoms with van der Waals surface area (Å²) in [4.78, 5) is 0. The molecule has 0 bridgehead atoms. The number of benzene rings is 10. The molecule has 4 N–H and O–H groups in total. The van der Waals surface area contributed by atoms with E-state index in [0.29, 0.717) is 10.9 Å². The number of hydrogen-bond acceptors (Lipinski definition) is 4. The lowest BCUT2D eigenvalue weighted by Crippen LogP contribution is -2.34. The van der Waals surface area contributed by atoms with E-state index in [1.165, 1.54) is 113 Å².